The Morgan fingerprint density at radius 1 is 1.41 bits per heavy atom. The summed E-state index contributed by atoms with van der Waals surface area (Å²) in [6, 6.07) is 1.87. The lowest BCUT2D eigenvalue weighted by Crippen LogP contribution is -2.41. The predicted molar refractivity (Wildman–Crippen MR) is 98.8 cm³/mol. The molecule has 1 aliphatic heterocycles. The van der Waals surface area contributed by atoms with Gasteiger partial charge in [0.05, 0.1) is 30.9 Å². The second-order valence-corrected chi connectivity index (χ2v) is 6.71. The highest BCUT2D eigenvalue weighted by Crippen LogP contribution is 2.25. The summed E-state index contributed by atoms with van der Waals surface area (Å²) in [5, 5.41) is 8.50. The average molecular weight is 364 g/mol. The van der Waals surface area contributed by atoms with Gasteiger partial charge in [-0.1, -0.05) is 0 Å². The van der Waals surface area contributed by atoms with Gasteiger partial charge in [-0.15, -0.1) is 6.42 Å². The van der Waals surface area contributed by atoms with Crippen molar-refractivity contribution in [3.63, 3.8) is 0 Å². The molecule has 0 saturated carbocycles. The Morgan fingerprint density at radius 3 is 3.07 bits per heavy atom. The lowest BCUT2D eigenvalue weighted by Gasteiger charge is -2.31. The fraction of sp³-hybridized carbons (Fsp3) is 0.368. The molecule has 4 rings (SSSR count). The van der Waals surface area contributed by atoms with Crippen molar-refractivity contribution in [2.24, 2.45) is 13.0 Å². The van der Waals surface area contributed by atoms with Crippen molar-refractivity contribution in [1.82, 2.24) is 29.3 Å². The highest BCUT2D eigenvalue weighted by Gasteiger charge is 2.23. The quantitative estimate of drug-likeness (QED) is 0.654. The van der Waals surface area contributed by atoms with Crippen molar-refractivity contribution in [2.45, 2.75) is 12.8 Å². The van der Waals surface area contributed by atoms with Gasteiger partial charge in [0.25, 0.3) is 5.91 Å². The number of carbonyl (C=O) groups is 1. The van der Waals surface area contributed by atoms with Crippen LogP contribution < -0.4 is 4.74 Å². The van der Waals surface area contributed by atoms with Crippen LogP contribution in [0.15, 0.2) is 30.9 Å². The van der Waals surface area contributed by atoms with E-state index < -0.39 is 0 Å². The number of aromatic nitrogens is 5. The smallest absolute Gasteiger partial charge is 0.298 e. The van der Waals surface area contributed by atoms with Gasteiger partial charge in [0.2, 0.25) is 5.88 Å². The Labute approximate surface area is 156 Å². The molecule has 4 heterocycles. The van der Waals surface area contributed by atoms with Crippen molar-refractivity contribution in [3.05, 3.63) is 30.9 Å². The van der Waals surface area contributed by atoms with Crippen LogP contribution in [0.4, 0.5) is 0 Å². The van der Waals surface area contributed by atoms with Gasteiger partial charge < -0.3 is 9.64 Å². The molecular weight excluding hydrogens is 344 g/mol. The third-order valence-electron chi connectivity index (χ3n) is 4.74. The van der Waals surface area contributed by atoms with Crippen molar-refractivity contribution < 1.29 is 9.53 Å². The van der Waals surface area contributed by atoms with Gasteiger partial charge in [0.15, 0.2) is 0 Å². The number of ether oxygens (including phenoxy) is 1. The summed E-state index contributed by atoms with van der Waals surface area (Å²) in [5.74, 6) is 2.68. The molecule has 8 nitrogen and oxygen atoms in total. The van der Waals surface area contributed by atoms with Crippen molar-refractivity contribution in [3.8, 4) is 29.5 Å². The topological polar surface area (TPSA) is 77.6 Å². The van der Waals surface area contributed by atoms with Crippen LogP contribution in [0.2, 0.25) is 0 Å². The minimum Gasteiger partial charge on any atom is -0.476 e. The molecule has 0 spiro atoms. The fourth-order valence-corrected chi connectivity index (χ4v) is 3.37. The van der Waals surface area contributed by atoms with Gasteiger partial charge in [-0.2, -0.15) is 10.2 Å². The van der Waals surface area contributed by atoms with Crippen molar-refractivity contribution in [1.29, 1.82) is 0 Å². The Hall–Kier alpha value is -3.34. The number of amides is 1. The molecule has 1 amide bonds. The first-order chi connectivity index (χ1) is 13.1. The summed E-state index contributed by atoms with van der Waals surface area (Å²) in [5.41, 5.74) is 2.43. The maximum Gasteiger partial charge on any atom is 0.298 e. The summed E-state index contributed by atoms with van der Waals surface area (Å²) in [6.07, 6.45) is 14.4. The van der Waals surface area contributed by atoms with Crippen LogP contribution in [0.1, 0.15) is 12.8 Å². The van der Waals surface area contributed by atoms with E-state index >= 15 is 0 Å². The Kier molecular flexibility index (Phi) is 4.50. The van der Waals surface area contributed by atoms with Crippen LogP contribution in [0.25, 0.3) is 16.8 Å². The number of piperidine rings is 1. The van der Waals surface area contributed by atoms with Crippen LogP contribution in [0, 0.1) is 18.3 Å². The number of terminal acetylenes is 1. The molecule has 0 aromatic carbocycles. The van der Waals surface area contributed by atoms with E-state index in [-0.39, 0.29) is 11.8 Å². The first-order valence-corrected chi connectivity index (χ1v) is 8.86. The number of hydrogen-bond donors (Lipinski definition) is 0. The summed E-state index contributed by atoms with van der Waals surface area (Å²) in [7, 11) is 1.86. The minimum atomic E-state index is -0.255. The fourth-order valence-electron chi connectivity index (χ4n) is 3.37. The molecule has 1 saturated heterocycles. The molecule has 3 aromatic rings. The predicted octanol–water partition coefficient (Wildman–Crippen LogP) is 1.38. The first-order valence-electron chi connectivity index (χ1n) is 8.86. The molecule has 1 aliphatic rings. The van der Waals surface area contributed by atoms with E-state index in [1.165, 1.54) is 0 Å². The molecule has 0 aliphatic carbocycles. The summed E-state index contributed by atoms with van der Waals surface area (Å²) < 4.78 is 9.53. The standard InChI is InChI=1S/C19H20N6O2/c1-3-18(26)24-8-4-5-14(10-24)13-27-19-17-6-7-20-25(17)12-16(22-19)15-9-21-23(2)11-15/h1,6-7,9,11-12,14H,4-5,8,10,13H2,2H3/t14-/m0/s1. The lowest BCUT2D eigenvalue weighted by atomic mass is 9.99. The molecule has 0 radical (unpaired) electrons. The normalized spacial score (nSPS) is 17.0. The summed E-state index contributed by atoms with van der Waals surface area (Å²) >= 11 is 0. The zero-order chi connectivity index (χ0) is 18.8. The van der Waals surface area contributed by atoms with Gasteiger partial charge in [-0.3, -0.25) is 9.48 Å². The monoisotopic (exact) mass is 364 g/mol. The van der Waals surface area contributed by atoms with Gasteiger partial charge in [-0.25, -0.2) is 9.50 Å². The largest absolute Gasteiger partial charge is 0.476 e. The second-order valence-electron chi connectivity index (χ2n) is 6.71. The molecule has 138 valence electrons. The van der Waals surface area contributed by atoms with E-state index in [2.05, 4.69) is 21.1 Å². The van der Waals surface area contributed by atoms with E-state index in [1.807, 2.05) is 25.5 Å². The first kappa shape index (κ1) is 17.1. The van der Waals surface area contributed by atoms with E-state index in [9.17, 15) is 4.79 Å². The van der Waals surface area contributed by atoms with Crippen LogP contribution in [-0.4, -0.2) is 54.9 Å². The highest BCUT2D eigenvalue weighted by atomic mass is 16.5. The number of carbonyl (C=O) groups excluding carboxylic acids is 1. The average Bonchev–Trinajstić information content (AvgIpc) is 3.34. The van der Waals surface area contributed by atoms with Gasteiger partial charge >= 0.3 is 0 Å². The van der Waals surface area contributed by atoms with Gasteiger partial charge in [-0.05, 0) is 24.8 Å². The molecule has 0 bridgehead atoms. The van der Waals surface area contributed by atoms with E-state index in [1.54, 1.807) is 26.5 Å². The maximum atomic E-state index is 11.7. The number of rotatable bonds is 4. The molecule has 1 fully saturated rings. The minimum absolute atomic E-state index is 0.225. The zero-order valence-corrected chi connectivity index (χ0v) is 15.1. The van der Waals surface area contributed by atoms with Crippen LogP contribution >= 0.6 is 0 Å². The summed E-state index contributed by atoms with van der Waals surface area (Å²) in [4.78, 5) is 18.1. The van der Waals surface area contributed by atoms with Crippen LogP contribution in [-0.2, 0) is 11.8 Å². The second kappa shape index (κ2) is 7.11. The van der Waals surface area contributed by atoms with Gasteiger partial charge in [0, 0.05) is 37.8 Å². The molecule has 8 heteroatoms. The molecular formula is C19H20N6O2. The number of aryl methyl sites for hydroxylation is 1. The maximum absolute atomic E-state index is 11.7. The van der Waals surface area contributed by atoms with Crippen molar-refractivity contribution >= 4 is 11.4 Å². The van der Waals surface area contributed by atoms with Crippen LogP contribution in [0.5, 0.6) is 5.88 Å². The number of hydrogen-bond acceptors (Lipinski definition) is 5. The number of likely N-dealkylation sites (tertiary alicyclic amines) is 1. The third-order valence-corrected chi connectivity index (χ3v) is 4.74. The Morgan fingerprint density at radius 2 is 2.30 bits per heavy atom. The van der Waals surface area contributed by atoms with E-state index in [0.29, 0.717) is 25.6 Å². The molecule has 0 unspecified atom stereocenters. The Bertz CT molecular complexity index is 1010. The number of nitrogens with zero attached hydrogens (tertiary/aromatic N) is 6. The molecule has 3 aromatic heterocycles. The van der Waals surface area contributed by atoms with Crippen molar-refractivity contribution in [2.75, 3.05) is 19.7 Å². The molecule has 27 heavy (non-hydrogen) atoms. The molecule has 0 N–H and O–H groups in total. The van der Waals surface area contributed by atoms with Crippen LogP contribution in [0.3, 0.4) is 0 Å². The SMILES string of the molecule is C#CC(=O)N1CCC[C@H](COc2nc(-c3cnn(C)c3)cn3nccc23)C1. The number of fused-ring (bicyclic) bond motifs is 1. The lowest BCUT2D eigenvalue weighted by molar-refractivity contribution is -0.127. The van der Waals surface area contributed by atoms with Gasteiger partial charge in [0.1, 0.15) is 5.52 Å². The summed E-state index contributed by atoms with van der Waals surface area (Å²) in [6.45, 7) is 1.79. The Balaban J connectivity index is 1.54. The highest BCUT2D eigenvalue weighted by molar-refractivity contribution is 5.92. The third kappa shape index (κ3) is 3.49. The van der Waals surface area contributed by atoms with E-state index in [4.69, 9.17) is 11.2 Å². The van der Waals surface area contributed by atoms with E-state index in [0.717, 1.165) is 29.6 Å². The molecule has 1 atom stereocenters. The zero-order valence-electron chi connectivity index (χ0n) is 15.1.